The molecule has 140 valence electrons. The van der Waals surface area contributed by atoms with Gasteiger partial charge in [0.05, 0.1) is 0 Å². The minimum Gasteiger partial charge on any atom is -0.356 e. The third kappa shape index (κ3) is 7.63. The van der Waals surface area contributed by atoms with Crippen molar-refractivity contribution in [1.29, 1.82) is 0 Å². The Morgan fingerprint density at radius 1 is 1.08 bits per heavy atom. The number of hydrogen-bond acceptors (Lipinski definition) is 3. The van der Waals surface area contributed by atoms with E-state index in [9.17, 15) is 0 Å². The Morgan fingerprint density at radius 3 is 2.52 bits per heavy atom. The van der Waals surface area contributed by atoms with Crippen molar-refractivity contribution in [2.24, 2.45) is 4.99 Å². The largest absolute Gasteiger partial charge is 0.356 e. The Kier molecular flexibility index (Phi) is 9.08. The number of likely N-dealkylation sites (N-methyl/N-ethyl adjacent to an activating group) is 1. The van der Waals surface area contributed by atoms with E-state index in [1.54, 1.807) is 0 Å². The highest BCUT2D eigenvalue weighted by Gasteiger charge is 2.12. The van der Waals surface area contributed by atoms with E-state index in [2.05, 4.69) is 38.5 Å². The first-order valence-electron chi connectivity index (χ1n) is 9.28. The Balaban J connectivity index is 1.54. The number of aliphatic imine (C=N–C) groups is 1. The molecule has 1 aliphatic heterocycles. The SMILES string of the molecule is CN=C(NCCCCN1CCN(C)CC1)NCCc1ccccc1Cl. The van der Waals surface area contributed by atoms with Crippen molar-refractivity contribution < 1.29 is 0 Å². The van der Waals surface area contributed by atoms with Crippen molar-refractivity contribution in [3.8, 4) is 0 Å². The summed E-state index contributed by atoms with van der Waals surface area (Å²) in [5, 5.41) is 7.58. The number of benzene rings is 1. The average Bonchev–Trinajstić information content (AvgIpc) is 2.63. The summed E-state index contributed by atoms with van der Waals surface area (Å²) < 4.78 is 0. The maximum absolute atomic E-state index is 6.18. The van der Waals surface area contributed by atoms with Crippen LogP contribution in [0.1, 0.15) is 18.4 Å². The zero-order chi connectivity index (χ0) is 17.9. The first-order chi connectivity index (χ1) is 12.2. The molecule has 0 saturated carbocycles. The van der Waals surface area contributed by atoms with E-state index in [1.165, 1.54) is 44.7 Å². The Morgan fingerprint density at radius 2 is 1.80 bits per heavy atom. The zero-order valence-corrected chi connectivity index (χ0v) is 16.4. The van der Waals surface area contributed by atoms with E-state index >= 15 is 0 Å². The van der Waals surface area contributed by atoms with Gasteiger partial charge in [0, 0.05) is 51.3 Å². The standard InChI is InChI=1S/C19H32ClN5/c1-21-19(23-11-9-17-7-3-4-8-18(17)20)22-10-5-6-12-25-15-13-24(2)14-16-25/h3-4,7-8H,5-6,9-16H2,1-2H3,(H2,21,22,23). The van der Waals surface area contributed by atoms with Crippen molar-refractivity contribution in [1.82, 2.24) is 20.4 Å². The first kappa shape index (κ1) is 20.0. The van der Waals surface area contributed by atoms with Gasteiger partial charge in [-0.3, -0.25) is 4.99 Å². The highest BCUT2D eigenvalue weighted by Crippen LogP contribution is 2.14. The fraction of sp³-hybridized carbons (Fsp3) is 0.632. The smallest absolute Gasteiger partial charge is 0.190 e. The molecule has 0 spiro atoms. The highest BCUT2D eigenvalue weighted by molar-refractivity contribution is 6.31. The second-order valence-electron chi connectivity index (χ2n) is 6.62. The molecule has 2 rings (SSSR count). The van der Waals surface area contributed by atoms with Gasteiger partial charge in [-0.05, 0) is 44.5 Å². The Labute approximate surface area is 157 Å². The minimum atomic E-state index is 0.824. The maximum Gasteiger partial charge on any atom is 0.190 e. The van der Waals surface area contributed by atoms with E-state index in [4.69, 9.17) is 11.6 Å². The summed E-state index contributed by atoms with van der Waals surface area (Å²) in [5.74, 6) is 0.867. The maximum atomic E-state index is 6.18. The third-order valence-electron chi connectivity index (χ3n) is 4.66. The van der Waals surface area contributed by atoms with Gasteiger partial charge in [-0.1, -0.05) is 29.8 Å². The molecule has 1 heterocycles. The quantitative estimate of drug-likeness (QED) is 0.420. The van der Waals surface area contributed by atoms with E-state index in [-0.39, 0.29) is 0 Å². The molecule has 1 aliphatic rings. The molecule has 25 heavy (non-hydrogen) atoms. The zero-order valence-electron chi connectivity index (χ0n) is 15.6. The number of piperazine rings is 1. The molecule has 0 bridgehead atoms. The fourth-order valence-corrected chi connectivity index (χ4v) is 3.21. The van der Waals surface area contributed by atoms with Crippen LogP contribution in [-0.2, 0) is 6.42 Å². The molecule has 0 amide bonds. The van der Waals surface area contributed by atoms with Gasteiger partial charge in [-0.2, -0.15) is 0 Å². The van der Waals surface area contributed by atoms with Crippen LogP contribution < -0.4 is 10.6 Å². The van der Waals surface area contributed by atoms with Crippen molar-refractivity contribution in [2.45, 2.75) is 19.3 Å². The summed E-state index contributed by atoms with van der Waals surface area (Å²) in [6.45, 7) is 7.78. The van der Waals surface area contributed by atoms with Crippen LogP contribution in [0.25, 0.3) is 0 Å². The van der Waals surface area contributed by atoms with Crippen LogP contribution in [-0.4, -0.2) is 75.7 Å². The van der Waals surface area contributed by atoms with E-state index in [0.717, 1.165) is 36.9 Å². The van der Waals surface area contributed by atoms with Crippen molar-refractivity contribution >= 4 is 17.6 Å². The van der Waals surface area contributed by atoms with E-state index in [0.29, 0.717) is 0 Å². The molecule has 0 radical (unpaired) electrons. The van der Waals surface area contributed by atoms with E-state index in [1.807, 2.05) is 25.2 Å². The molecule has 5 nitrogen and oxygen atoms in total. The first-order valence-corrected chi connectivity index (χ1v) is 9.65. The molecule has 0 unspecified atom stereocenters. The van der Waals surface area contributed by atoms with Crippen LogP contribution in [0, 0.1) is 0 Å². The average molecular weight is 366 g/mol. The minimum absolute atomic E-state index is 0.824. The molecule has 1 fully saturated rings. The summed E-state index contributed by atoms with van der Waals surface area (Å²) >= 11 is 6.18. The predicted octanol–water partition coefficient (Wildman–Crippen LogP) is 2.08. The van der Waals surface area contributed by atoms with Gasteiger partial charge in [0.15, 0.2) is 5.96 Å². The van der Waals surface area contributed by atoms with E-state index < -0.39 is 0 Å². The van der Waals surface area contributed by atoms with Gasteiger partial charge >= 0.3 is 0 Å². The number of hydrogen-bond donors (Lipinski definition) is 2. The van der Waals surface area contributed by atoms with Gasteiger partial charge < -0.3 is 20.4 Å². The summed E-state index contributed by atoms with van der Waals surface area (Å²) in [4.78, 5) is 9.25. The summed E-state index contributed by atoms with van der Waals surface area (Å²) in [6, 6.07) is 7.99. The lowest BCUT2D eigenvalue weighted by molar-refractivity contribution is 0.152. The third-order valence-corrected chi connectivity index (χ3v) is 5.03. The molecule has 0 aliphatic carbocycles. The summed E-state index contributed by atoms with van der Waals surface area (Å²) in [6.07, 6.45) is 3.29. The molecular formula is C19H32ClN5. The van der Waals surface area contributed by atoms with Crippen molar-refractivity contribution in [3.05, 3.63) is 34.9 Å². The van der Waals surface area contributed by atoms with Crippen LogP contribution in [0.2, 0.25) is 5.02 Å². The lowest BCUT2D eigenvalue weighted by atomic mass is 10.1. The molecule has 1 aromatic rings. The van der Waals surface area contributed by atoms with Gasteiger partial charge in [-0.15, -0.1) is 0 Å². The highest BCUT2D eigenvalue weighted by atomic mass is 35.5. The summed E-state index contributed by atoms with van der Waals surface area (Å²) in [7, 11) is 4.01. The molecule has 6 heteroatoms. The van der Waals surface area contributed by atoms with Crippen molar-refractivity contribution in [2.75, 3.05) is 59.9 Å². The normalized spacial score (nSPS) is 16.8. The molecule has 2 N–H and O–H groups in total. The summed E-state index contributed by atoms with van der Waals surface area (Å²) in [5.41, 5.74) is 1.17. The van der Waals surface area contributed by atoms with Crippen LogP contribution in [0.15, 0.2) is 29.3 Å². The van der Waals surface area contributed by atoms with Gasteiger partial charge in [0.25, 0.3) is 0 Å². The Bertz CT molecular complexity index is 526. The van der Waals surface area contributed by atoms with Crippen LogP contribution >= 0.6 is 11.6 Å². The molecule has 1 aromatic carbocycles. The van der Waals surface area contributed by atoms with Gasteiger partial charge in [-0.25, -0.2) is 0 Å². The van der Waals surface area contributed by atoms with Crippen LogP contribution in [0.5, 0.6) is 0 Å². The molecular weight excluding hydrogens is 334 g/mol. The molecule has 1 saturated heterocycles. The lowest BCUT2D eigenvalue weighted by Crippen LogP contribution is -2.44. The number of nitrogens with zero attached hydrogens (tertiary/aromatic N) is 3. The van der Waals surface area contributed by atoms with Gasteiger partial charge in [0.2, 0.25) is 0 Å². The van der Waals surface area contributed by atoms with Crippen LogP contribution in [0.3, 0.4) is 0 Å². The van der Waals surface area contributed by atoms with Crippen molar-refractivity contribution in [3.63, 3.8) is 0 Å². The second-order valence-corrected chi connectivity index (χ2v) is 7.03. The predicted molar refractivity (Wildman–Crippen MR) is 108 cm³/mol. The lowest BCUT2D eigenvalue weighted by Gasteiger charge is -2.32. The second kappa shape index (κ2) is 11.3. The molecule has 0 aromatic heterocycles. The number of guanidine groups is 1. The fourth-order valence-electron chi connectivity index (χ4n) is 2.98. The number of rotatable bonds is 8. The number of unbranched alkanes of at least 4 members (excludes halogenated alkanes) is 1. The van der Waals surface area contributed by atoms with Crippen LogP contribution in [0.4, 0.5) is 0 Å². The molecule has 0 atom stereocenters. The number of halogens is 1. The van der Waals surface area contributed by atoms with Gasteiger partial charge in [0.1, 0.15) is 0 Å². The topological polar surface area (TPSA) is 42.9 Å². The number of nitrogens with one attached hydrogen (secondary N) is 2. The monoisotopic (exact) mass is 365 g/mol. The Hall–Kier alpha value is -1.30.